The van der Waals surface area contributed by atoms with E-state index in [2.05, 4.69) is 30.6 Å². The summed E-state index contributed by atoms with van der Waals surface area (Å²) in [6.45, 7) is 8.33. The van der Waals surface area contributed by atoms with E-state index in [0.29, 0.717) is 5.92 Å². The topological polar surface area (TPSA) is 43.8 Å². The van der Waals surface area contributed by atoms with Crippen LogP contribution in [0.1, 0.15) is 31.5 Å². The van der Waals surface area contributed by atoms with Crippen molar-refractivity contribution in [3.63, 3.8) is 0 Å². The molecule has 2 N–H and O–H groups in total. The van der Waals surface area contributed by atoms with Gasteiger partial charge in [-0.25, -0.2) is 0 Å². The predicted octanol–water partition coefficient (Wildman–Crippen LogP) is 1.74. The van der Waals surface area contributed by atoms with E-state index in [0.717, 1.165) is 25.9 Å². The SMILES string of the molecule is Cc1c(CCCN)cnn1CC(C)C. The fourth-order valence-corrected chi connectivity index (χ4v) is 1.55. The molecule has 0 aliphatic rings. The standard InChI is InChI=1S/C11H21N3/c1-9(2)8-14-10(3)11(7-13-14)5-4-6-12/h7,9H,4-6,8,12H2,1-3H3. The molecule has 1 aromatic rings. The first kappa shape index (κ1) is 11.2. The number of nitrogens with zero attached hydrogens (tertiary/aromatic N) is 2. The van der Waals surface area contributed by atoms with E-state index < -0.39 is 0 Å². The van der Waals surface area contributed by atoms with Crippen LogP contribution in [0.4, 0.5) is 0 Å². The minimum Gasteiger partial charge on any atom is -0.330 e. The van der Waals surface area contributed by atoms with Gasteiger partial charge < -0.3 is 5.73 Å². The molecule has 0 atom stereocenters. The van der Waals surface area contributed by atoms with Crippen LogP contribution in [0.5, 0.6) is 0 Å². The van der Waals surface area contributed by atoms with Crippen LogP contribution in [0, 0.1) is 12.8 Å². The zero-order valence-electron chi connectivity index (χ0n) is 9.45. The van der Waals surface area contributed by atoms with Gasteiger partial charge in [0.25, 0.3) is 0 Å². The summed E-state index contributed by atoms with van der Waals surface area (Å²) in [6.07, 6.45) is 4.09. The molecule has 0 bridgehead atoms. The molecule has 1 aromatic heterocycles. The molecule has 0 saturated carbocycles. The lowest BCUT2D eigenvalue weighted by Crippen LogP contribution is -2.08. The van der Waals surface area contributed by atoms with Gasteiger partial charge in [0, 0.05) is 12.2 Å². The average molecular weight is 195 g/mol. The Balaban J connectivity index is 2.65. The largest absolute Gasteiger partial charge is 0.330 e. The third-order valence-electron chi connectivity index (χ3n) is 2.39. The van der Waals surface area contributed by atoms with Gasteiger partial charge in [0.05, 0.1) is 6.20 Å². The van der Waals surface area contributed by atoms with Gasteiger partial charge in [-0.3, -0.25) is 4.68 Å². The maximum atomic E-state index is 5.49. The number of nitrogens with two attached hydrogens (primary N) is 1. The van der Waals surface area contributed by atoms with Crippen LogP contribution in [0.2, 0.25) is 0 Å². The van der Waals surface area contributed by atoms with Crippen LogP contribution in [0.3, 0.4) is 0 Å². The Hall–Kier alpha value is -0.830. The summed E-state index contributed by atoms with van der Waals surface area (Å²) in [6, 6.07) is 0. The van der Waals surface area contributed by atoms with Crippen molar-refractivity contribution >= 4 is 0 Å². The van der Waals surface area contributed by atoms with Gasteiger partial charge in [-0.15, -0.1) is 0 Å². The van der Waals surface area contributed by atoms with E-state index in [-0.39, 0.29) is 0 Å². The first-order chi connectivity index (χ1) is 6.65. The van der Waals surface area contributed by atoms with E-state index in [1.54, 1.807) is 0 Å². The first-order valence-electron chi connectivity index (χ1n) is 5.36. The number of hydrogen-bond donors (Lipinski definition) is 1. The summed E-state index contributed by atoms with van der Waals surface area (Å²) >= 11 is 0. The maximum absolute atomic E-state index is 5.49. The van der Waals surface area contributed by atoms with Crippen molar-refractivity contribution in [1.29, 1.82) is 0 Å². The second-order valence-corrected chi connectivity index (χ2v) is 4.22. The molecular weight excluding hydrogens is 174 g/mol. The van der Waals surface area contributed by atoms with E-state index in [1.807, 2.05) is 6.20 Å². The second-order valence-electron chi connectivity index (χ2n) is 4.22. The molecule has 0 amide bonds. The molecule has 3 nitrogen and oxygen atoms in total. The van der Waals surface area contributed by atoms with Crippen LogP contribution in [0.25, 0.3) is 0 Å². The van der Waals surface area contributed by atoms with E-state index in [9.17, 15) is 0 Å². The van der Waals surface area contributed by atoms with Gasteiger partial charge in [-0.2, -0.15) is 5.10 Å². The van der Waals surface area contributed by atoms with E-state index in [1.165, 1.54) is 11.3 Å². The summed E-state index contributed by atoms with van der Waals surface area (Å²) in [7, 11) is 0. The Labute approximate surface area is 86.3 Å². The van der Waals surface area contributed by atoms with Crippen LogP contribution < -0.4 is 5.73 Å². The van der Waals surface area contributed by atoms with Crippen molar-refractivity contribution < 1.29 is 0 Å². The lowest BCUT2D eigenvalue weighted by atomic mass is 10.1. The summed E-state index contributed by atoms with van der Waals surface area (Å²) in [4.78, 5) is 0. The molecule has 0 spiro atoms. The molecule has 80 valence electrons. The number of aromatic nitrogens is 2. The molecule has 0 aromatic carbocycles. The second kappa shape index (κ2) is 5.15. The first-order valence-corrected chi connectivity index (χ1v) is 5.36. The molecule has 3 heteroatoms. The molecule has 0 aliphatic carbocycles. The third-order valence-corrected chi connectivity index (χ3v) is 2.39. The van der Waals surface area contributed by atoms with Gasteiger partial charge in [0.15, 0.2) is 0 Å². The van der Waals surface area contributed by atoms with Gasteiger partial charge in [0.2, 0.25) is 0 Å². The molecule has 0 saturated heterocycles. The highest BCUT2D eigenvalue weighted by Gasteiger charge is 2.06. The molecule has 0 radical (unpaired) electrons. The molecular formula is C11H21N3. The molecule has 1 heterocycles. The normalized spacial score (nSPS) is 11.2. The summed E-state index contributed by atoms with van der Waals surface area (Å²) in [5.74, 6) is 0.649. The van der Waals surface area contributed by atoms with Crippen molar-refractivity contribution in [2.45, 2.75) is 40.2 Å². The molecule has 0 fully saturated rings. The summed E-state index contributed by atoms with van der Waals surface area (Å²) < 4.78 is 2.09. The van der Waals surface area contributed by atoms with E-state index >= 15 is 0 Å². The highest BCUT2D eigenvalue weighted by Crippen LogP contribution is 2.11. The molecule has 0 aliphatic heterocycles. The fraction of sp³-hybridized carbons (Fsp3) is 0.727. The Morgan fingerprint density at radius 1 is 1.50 bits per heavy atom. The monoisotopic (exact) mass is 195 g/mol. The fourth-order valence-electron chi connectivity index (χ4n) is 1.55. The molecule has 1 rings (SSSR count). The van der Waals surface area contributed by atoms with Crippen molar-refractivity contribution in [2.75, 3.05) is 6.54 Å². The average Bonchev–Trinajstić information content (AvgIpc) is 2.45. The highest BCUT2D eigenvalue weighted by molar-refractivity contribution is 5.16. The van der Waals surface area contributed by atoms with Crippen LogP contribution in [0.15, 0.2) is 6.20 Å². The van der Waals surface area contributed by atoms with Gasteiger partial charge in [0.1, 0.15) is 0 Å². The molecule has 14 heavy (non-hydrogen) atoms. The van der Waals surface area contributed by atoms with Crippen molar-refractivity contribution in [3.05, 3.63) is 17.5 Å². The lowest BCUT2D eigenvalue weighted by Gasteiger charge is -2.07. The zero-order chi connectivity index (χ0) is 10.6. The quantitative estimate of drug-likeness (QED) is 0.777. The van der Waals surface area contributed by atoms with Crippen molar-refractivity contribution in [3.8, 4) is 0 Å². The Bertz CT molecular complexity index is 276. The van der Waals surface area contributed by atoms with Crippen molar-refractivity contribution in [2.24, 2.45) is 11.7 Å². The van der Waals surface area contributed by atoms with Gasteiger partial charge >= 0.3 is 0 Å². The van der Waals surface area contributed by atoms with Crippen LogP contribution >= 0.6 is 0 Å². The number of aryl methyl sites for hydroxylation is 1. The highest BCUT2D eigenvalue weighted by atomic mass is 15.3. The zero-order valence-corrected chi connectivity index (χ0v) is 9.45. The van der Waals surface area contributed by atoms with Crippen LogP contribution in [-0.2, 0) is 13.0 Å². The van der Waals surface area contributed by atoms with Gasteiger partial charge in [-0.1, -0.05) is 13.8 Å². The van der Waals surface area contributed by atoms with Crippen LogP contribution in [-0.4, -0.2) is 16.3 Å². The van der Waals surface area contributed by atoms with Crippen molar-refractivity contribution in [1.82, 2.24) is 9.78 Å². The summed E-state index contributed by atoms with van der Waals surface area (Å²) in [5.41, 5.74) is 8.13. The Morgan fingerprint density at radius 3 is 2.79 bits per heavy atom. The maximum Gasteiger partial charge on any atom is 0.0524 e. The Morgan fingerprint density at radius 2 is 2.21 bits per heavy atom. The number of rotatable bonds is 5. The lowest BCUT2D eigenvalue weighted by molar-refractivity contribution is 0.474. The van der Waals surface area contributed by atoms with E-state index in [4.69, 9.17) is 5.73 Å². The third kappa shape index (κ3) is 2.84. The number of hydrogen-bond acceptors (Lipinski definition) is 2. The smallest absolute Gasteiger partial charge is 0.0524 e. The molecule has 0 unspecified atom stereocenters. The Kier molecular flexibility index (Phi) is 4.14. The predicted molar refractivity (Wildman–Crippen MR) is 59.2 cm³/mol. The minimum atomic E-state index is 0.649. The minimum absolute atomic E-state index is 0.649. The summed E-state index contributed by atoms with van der Waals surface area (Å²) in [5, 5.41) is 4.38. The van der Waals surface area contributed by atoms with Gasteiger partial charge in [-0.05, 0) is 37.8 Å².